The molecule has 23 heavy (non-hydrogen) atoms. The van der Waals surface area contributed by atoms with Gasteiger partial charge < -0.3 is 14.9 Å². The van der Waals surface area contributed by atoms with Crippen molar-refractivity contribution in [3.8, 4) is 5.75 Å². The van der Waals surface area contributed by atoms with Crippen molar-refractivity contribution in [1.82, 2.24) is 0 Å². The number of benzene rings is 2. The fourth-order valence-electron chi connectivity index (χ4n) is 1.81. The molecule has 0 radical (unpaired) electrons. The third-order valence-electron chi connectivity index (χ3n) is 2.95. The molecule has 0 heterocycles. The number of nitrogens with one attached hydrogen (secondary N) is 1. The highest BCUT2D eigenvalue weighted by Gasteiger charge is 2.11. The molecular weight excluding hydrogens is 300 g/mol. The molecule has 0 saturated carbocycles. The SMILES string of the molecule is COc1ccc(/C=N/Nc2cc(C(=O)O)cc(C(=O)O)c2)cc1. The topological polar surface area (TPSA) is 108 Å². The number of rotatable bonds is 6. The highest BCUT2D eigenvalue weighted by atomic mass is 16.5. The zero-order valence-corrected chi connectivity index (χ0v) is 12.2. The lowest BCUT2D eigenvalue weighted by Gasteiger charge is -2.04. The van der Waals surface area contributed by atoms with E-state index in [9.17, 15) is 9.59 Å². The van der Waals surface area contributed by atoms with Crippen LogP contribution < -0.4 is 10.2 Å². The average molecular weight is 314 g/mol. The Morgan fingerprint density at radius 2 is 1.61 bits per heavy atom. The minimum absolute atomic E-state index is 0.132. The standard InChI is InChI=1S/C16H14N2O5/c1-23-14-4-2-10(3-5-14)9-17-18-13-7-11(15(19)20)6-12(8-13)16(21)22/h2-9,18H,1H3,(H,19,20)(H,21,22)/b17-9+. The number of methoxy groups -OCH3 is 1. The van der Waals surface area contributed by atoms with Gasteiger partial charge in [-0.15, -0.1) is 0 Å². The summed E-state index contributed by atoms with van der Waals surface area (Å²) in [6.07, 6.45) is 1.52. The monoisotopic (exact) mass is 314 g/mol. The van der Waals surface area contributed by atoms with Crippen LogP contribution in [0.3, 0.4) is 0 Å². The predicted molar refractivity (Wildman–Crippen MR) is 84.6 cm³/mol. The second-order valence-electron chi connectivity index (χ2n) is 4.55. The van der Waals surface area contributed by atoms with Crippen LogP contribution in [-0.2, 0) is 0 Å². The molecular formula is C16H14N2O5. The minimum Gasteiger partial charge on any atom is -0.497 e. The number of carboxylic acids is 2. The summed E-state index contributed by atoms with van der Waals surface area (Å²) in [4.78, 5) is 22.0. The van der Waals surface area contributed by atoms with Crippen molar-refractivity contribution in [2.75, 3.05) is 12.5 Å². The van der Waals surface area contributed by atoms with E-state index in [0.29, 0.717) is 0 Å². The number of hydrogen-bond acceptors (Lipinski definition) is 5. The molecule has 118 valence electrons. The lowest BCUT2D eigenvalue weighted by atomic mass is 10.1. The summed E-state index contributed by atoms with van der Waals surface area (Å²) in [7, 11) is 1.57. The largest absolute Gasteiger partial charge is 0.497 e. The molecule has 0 aliphatic heterocycles. The Morgan fingerprint density at radius 1 is 1.04 bits per heavy atom. The lowest BCUT2D eigenvalue weighted by Crippen LogP contribution is -2.04. The van der Waals surface area contributed by atoms with Gasteiger partial charge in [-0.25, -0.2) is 9.59 Å². The van der Waals surface area contributed by atoms with Crippen LogP contribution in [-0.4, -0.2) is 35.5 Å². The molecule has 0 aromatic heterocycles. The number of carboxylic acid groups (broad SMARTS) is 2. The van der Waals surface area contributed by atoms with Crippen molar-refractivity contribution in [1.29, 1.82) is 0 Å². The van der Waals surface area contributed by atoms with Gasteiger partial charge in [0.15, 0.2) is 0 Å². The van der Waals surface area contributed by atoms with E-state index in [1.54, 1.807) is 31.4 Å². The third kappa shape index (κ3) is 4.31. The maximum atomic E-state index is 11.0. The smallest absolute Gasteiger partial charge is 0.335 e. The van der Waals surface area contributed by atoms with E-state index in [4.69, 9.17) is 14.9 Å². The number of hydrazone groups is 1. The Bertz CT molecular complexity index is 721. The first kappa shape index (κ1) is 16.0. The van der Waals surface area contributed by atoms with Crippen molar-refractivity contribution in [2.45, 2.75) is 0 Å². The predicted octanol–water partition coefficient (Wildman–Crippen LogP) is 2.54. The molecule has 0 aliphatic rings. The fourth-order valence-corrected chi connectivity index (χ4v) is 1.81. The first-order valence-electron chi connectivity index (χ1n) is 6.54. The molecule has 0 unspecified atom stereocenters. The number of aromatic carboxylic acids is 2. The summed E-state index contributed by atoms with van der Waals surface area (Å²) in [6, 6.07) is 10.8. The molecule has 0 spiro atoms. The van der Waals surface area contributed by atoms with E-state index in [2.05, 4.69) is 10.5 Å². The molecule has 0 fully saturated rings. The van der Waals surface area contributed by atoms with E-state index in [-0.39, 0.29) is 16.8 Å². The zero-order chi connectivity index (χ0) is 16.8. The first-order chi connectivity index (χ1) is 11.0. The van der Waals surface area contributed by atoms with E-state index in [1.165, 1.54) is 18.3 Å². The van der Waals surface area contributed by atoms with E-state index in [1.807, 2.05) is 0 Å². The van der Waals surface area contributed by atoms with Crippen molar-refractivity contribution in [3.05, 3.63) is 59.2 Å². The fraction of sp³-hybridized carbons (Fsp3) is 0.0625. The van der Waals surface area contributed by atoms with Gasteiger partial charge in [-0.2, -0.15) is 5.10 Å². The number of hydrogen-bond donors (Lipinski definition) is 3. The van der Waals surface area contributed by atoms with Crippen LogP contribution in [0.2, 0.25) is 0 Å². The summed E-state index contributed by atoms with van der Waals surface area (Å²) in [6.45, 7) is 0. The summed E-state index contributed by atoms with van der Waals surface area (Å²) < 4.78 is 5.04. The molecule has 3 N–H and O–H groups in total. The average Bonchev–Trinajstić information content (AvgIpc) is 2.55. The van der Waals surface area contributed by atoms with Gasteiger partial charge in [0.1, 0.15) is 5.75 Å². The molecule has 0 amide bonds. The van der Waals surface area contributed by atoms with Crippen LogP contribution in [0, 0.1) is 0 Å². The zero-order valence-electron chi connectivity index (χ0n) is 12.2. The van der Waals surface area contributed by atoms with Crippen molar-refractivity contribution >= 4 is 23.8 Å². The highest BCUT2D eigenvalue weighted by molar-refractivity contribution is 5.95. The number of anilines is 1. The Labute approximate surface area is 131 Å². The molecule has 0 aliphatic carbocycles. The van der Waals surface area contributed by atoms with Gasteiger partial charge in [-0.1, -0.05) is 0 Å². The first-order valence-corrected chi connectivity index (χ1v) is 6.54. The number of nitrogens with zero attached hydrogens (tertiary/aromatic N) is 1. The maximum absolute atomic E-state index is 11.0. The third-order valence-corrected chi connectivity index (χ3v) is 2.95. The van der Waals surface area contributed by atoms with Crippen LogP contribution >= 0.6 is 0 Å². The quantitative estimate of drug-likeness (QED) is 0.558. The second kappa shape index (κ2) is 7.08. The summed E-state index contributed by atoms with van der Waals surface area (Å²) >= 11 is 0. The van der Waals surface area contributed by atoms with Gasteiger partial charge in [-0.05, 0) is 48.0 Å². The summed E-state index contributed by atoms with van der Waals surface area (Å²) in [5.41, 5.74) is 3.43. The summed E-state index contributed by atoms with van der Waals surface area (Å²) in [5, 5.41) is 22.0. The van der Waals surface area contributed by atoms with E-state index >= 15 is 0 Å². The van der Waals surface area contributed by atoms with Crippen LogP contribution in [0.4, 0.5) is 5.69 Å². The molecule has 0 bridgehead atoms. The minimum atomic E-state index is -1.21. The molecule has 0 atom stereocenters. The van der Waals surface area contributed by atoms with Crippen LogP contribution in [0.1, 0.15) is 26.3 Å². The molecule has 2 rings (SSSR count). The van der Waals surface area contributed by atoms with Crippen LogP contribution in [0.5, 0.6) is 5.75 Å². The van der Waals surface area contributed by atoms with Crippen LogP contribution in [0.25, 0.3) is 0 Å². The summed E-state index contributed by atoms with van der Waals surface area (Å²) in [5.74, 6) is -1.71. The van der Waals surface area contributed by atoms with Crippen LogP contribution in [0.15, 0.2) is 47.6 Å². The molecule has 2 aromatic carbocycles. The van der Waals surface area contributed by atoms with Gasteiger partial charge in [-0.3, -0.25) is 5.43 Å². The van der Waals surface area contributed by atoms with Crippen molar-refractivity contribution in [2.24, 2.45) is 5.10 Å². The lowest BCUT2D eigenvalue weighted by molar-refractivity contribution is 0.0696. The van der Waals surface area contributed by atoms with Gasteiger partial charge >= 0.3 is 11.9 Å². The van der Waals surface area contributed by atoms with Gasteiger partial charge in [0, 0.05) is 0 Å². The Hall–Kier alpha value is -3.35. The Kier molecular flexibility index (Phi) is 4.93. The molecule has 7 heteroatoms. The van der Waals surface area contributed by atoms with Gasteiger partial charge in [0.25, 0.3) is 0 Å². The van der Waals surface area contributed by atoms with E-state index < -0.39 is 11.9 Å². The van der Waals surface area contributed by atoms with Crippen molar-refractivity contribution in [3.63, 3.8) is 0 Å². The number of carbonyl (C=O) groups is 2. The number of ether oxygens (including phenoxy) is 1. The molecule has 2 aromatic rings. The normalized spacial score (nSPS) is 10.5. The Balaban J connectivity index is 2.16. The molecule has 7 nitrogen and oxygen atoms in total. The Morgan fingerprint density at radius 3 is 2.09 bits per heavy atom. The van der Waals surface area contributed by atoms with E-state index in [0.717, 1.165) is 17.4 Å². The second-order valence-corrected chi connectivity index (χ2v) is 4.55. The maximum Gasteiger partial charge on any atom is 0.335 e. The van der Waals surface area contributed by atoms with Gasteiger partial charge in [0.2, 0.25) is 0 Å². The van der Waals surface area contributed by atoms with Gasteiger partial charge in [0.05, 0.1) is 30.1 Å². The molecule has 0 saturated heterocycles. The highest BCUT2D eigenvalue weighted by Crippen LogP contribution is 2.16. The van der Waals surface area contributed by atoms with Crippen molar-refractivity contribution < 1.29 is 24.5 Å².